The molecule has 0 saturated carbocycles. The lowest BCUT2D eigenvalue weighted by Gasteiger charge is -2.32. The lowest BCUT2D eigenvalue weighted by Crippen LogP contribution is -2.49. The van der Waals surface area contributed by atoms with Crippen molar-refractivity contribution < 1.29 is 9.59 Å². The van der Waals surface area contributed by atoms with Crippen LogP contribution >= 0.6 is 34.7 Å². The Kier molecular flexibility index (Phi) is 4.52. The molecule has 4 nitrogen and oxygen atoms in total. The first kappa shape index (κ1) is 16.9. The summed E-state index contributed by atoms with van der Waals surface area (Å²) in [5.74, 6) is 0.622. The molecule has 2 fully saturated rings. The molecule has 1 N–H and O–H groups in total. The average Bonchev–Trinajstić information content (AvgIpc) is 3.32. The van der Waals surface area contributed by atoms with Crippen molar-refractivity contribution in [1.29, 1.82) is 0 Å². The van der Waals surface area contributed by atoms with Crippen LogP contribution in [0.2, 0.25) is 5.02 Å². The van der Waals surface area contributed by atoms with Crippen LogP contribution in [0.25, 0.3) is 0 Å². The number of rotatable bonds is 4. The molecule has 2 saturated heterocycles. The van der Waals surface area contributed by atoms with Crippen LogP contribution in [-0.4, -0.2) is 28.5 Å². The van der Waals surface area contributed by atoms with E-state index < -0.39 is 6.04 Å². The second-order valence-electron chi connectivity index (χ2n) is 6.20. The summed E-state index contributed by atoms with van der Waals surface area (Å²) < 4.78 is 0. The summed E-state index contributed by atoms with van der Waals surface area (Å²) in [6.45, 7) is 0.436. The number of hydrogen-bond acceptors (Lipinski definition) is 4. The lowest BCUT2D eigenvalue weighted by atomic mass is 10.1. The molecule has 25 heavy (non-hydrogen) atoms. The summed E-state index contributed by atoms with van der Waals surface area (Å²) >= 11 is 9.26. The Morgan fingerprint density at radius 3 is 2.84 bits per heavy atom. The van der Waals surface area contributed by atoms with Gasteiger partial charge in [-0.1, -0.05) is 29.8 Å². The van der Waals surface area contributed by atoms with E-state index in [0.717, 1.165) is 16.9 Å². The Labute approximate surface area is 159 Å². The van der Waals surface area contributed by atoms with Crippen molar-refractivity contribution in [3.8, 4) is 0 Å². The van der Waals surface area contributed by atoms with E-state index in [1.165, 1.54) is 0 Å². The molecular formula is C18H17ClN2O2S2. The zero-order valence-electron chi connectivity index (χ0n) is 13.4. The average molecular weight is 393 g/mol. The molecule has 2 aliphatic rings. The highest BCUT2D eigenvalue weighted by Crippen LogP contribution is 2.55. The van der Waals surface area contributed by atoms with Crippen LogP contribution in [0.15, 0.2) is 41.8 Å². The third kappa shape index (κ3) is 2.96. The Bertz CT molecular complexity index is 794. The summed E-state index contributed by atoms with van der Waals surface area (Å²) in [5, 5.41) is 5.67. The number of carbonyl (C=O) groups excluding carboxylic acids is 2. The second-order valence-corrected chi connectivity index (χ2v) is 8.88. The van der Waals surface area contributed by atoms with E-state index in [4.69, 9.17) is 11.6 Å². The number of carbonyl (C=O) groups is 2. The molecule has 1 aromatic heterocycles. The molecule has 2 aromatic rings. The van der Waals surface area contributed by atoms with E-state index in [2.05, 4.69) is 11.4 Å². The van der Waals surface area contributed by atoms with Crippen LogP contribution in [-0.2, 0) is 21.0 Å². The number of nitrogens with one attached hydrogen (secondary N) is 1. The van der Waals surface area contributed by atoms with Gasteiger partial charge >= 0.3 is 0 Å². The van der Waals surface area contributed by atoms with Gasteiger partial charge in [-0.3, -0.25) is 9.59 Å². The predicted molar refractivity (Wildman–Crippen MR) is 102 cm³/mol. The van der Waals surface area contributed by atoms with Gasteiger partial charge in [-0.05, 0) is 35.6 Å². The van der Waals surface area contributed by atoms with Crippen molar-refractivity contribution in [3.05, 3.63) is 57.2 Å². The predicted octanol–water partition coefficient (Wildman–Crippen LogP) is 3.61. The van der Waals surface area contributed by atoms with E-state index >= 15 is 0 Å². The summed E-state index contributed by atoms with van der Waals surface area (Å²) in [6.07, 6.45) is 1.28. The minimum atomic E-state index is -0.408. The van der Waals surface area contributed by atoms with Crippen molar-refractivity contribution in [3.63, 3.8) is 0 Å². The van der Waals surface area contributed by atoms with Gasteiger partial charge in [0.1, 0.15) is 10.9 Å². The van der Waals surface area contributed by atoms with Gasteiger partial charge in [0.15, 0.2) is 0 Å². The first-order valence-electron chi connectivity index (χ1n) is 8.12. The maximum Gasteiger partial charge on any atom is 0.244 e. The van der Waals surface area contributed by atoms with Crippen molar-refractivity contribution in [2.45, 2.75) is 30.3 Å². The van der Waals surface area contributed by atoms with Crippen LogP contribution in [0.1, 0.15) is 23.3 Å². The molecule has 2 amide bonds. The van der Waals surface area contributed by atoms with E-state index in [1.807, 2.05) is 28.5 Å². The molecule has 0 aliphatic carbocycles. The fourth-order valence-electron chi connectivity index (χ4n) is 3.49. The normalized spacial score (nSPS) is 25.2. The van der Waals surface area contributed by atoms with Gasteiger partial charge in [0.05, 0.1) is 0 Å². The Morgan fingerprint density at radius 2 is 2.12 bits per heavy atom. The summed E-state index contributed by atoms with van der Waals surface area (Å²) in [6, 6.07) is 11.1. The molecule has 0 bridgehead atoms. The highest BCUT2D eigenvalue weighted by molar-refractivity contribution is 8.00. The molecule has 2 atom stereocenters. The molecule has 1 aromatic carbocycles. The smallest absolute Gasteiger partial charge is 0.244 e. The van der Waals surface area contributed by atoms with Gasteiger partial charge in [-0.25, -0.2) is 0 Å². The number of thioether (sulfide) groups is 1. The highest BCUT2D eigenvalue weighted by Gasteiger charge is 2.57. The minimum Gasteiger partial charge on any atom is -0.350 e. The number of hydrogen-bond donors (Lipinski definition) is 1. The maximum atomic E-state index is 12.7. The van der Waals surface area contributed by atoms with Gasteiger partial charge < -0.3 is 10.2 Å². The summed E-state index contributed by atoms with van der Waals surface area (Å²) in [7, 11) is 0. The van der Waals surface area contributed by atoms with E-state index in [-0.39, 0.29) is 16.7 Å². The van der Waals surface area contributed by atoms with Gasteiger partial charge in [0.2, 0.25) is 11.8 Å². The SMILES string of the molecule is O=C(NCc1ccc(Cl)cc1)[C@H]1CS[C@]2(c3cccs3)CCC(=O)N12. The van der Waals surface area contributed by atoms with Crippen molar-refractivity contribution >= 4 is 46.5 Å². The zero-order chi connectivity index (χ0) is 17.4. The van der Waals surface area contributed by atoms with Gasteiger partial charge in [-0.15, -0.1) is 23.1 Å². The molecular weight excluding hydrogens is 376 g/mol. The fourth-order valence-corrected chi connectivity index (χ4v) is 6.34. The van der Waals surface area contributed by atoms with E-state index in [0.29, 0.717) is 23.7 Å². The Balaban J connectivity index is 1.50. The molecule has 3 heterocycles. The number of fused-ring (bicyclic) bond motifs is 1. The van der Waals surface area contributed by atoms with Gasteiger partial charge in [-0.2, -0.15) is 0 Å². The molecule has 4 rings (SSSR count). The first-order valence-corrected chi connectivity index (χ1v) is 10.4. The topological polar surface area (TPSA) is 49.4 Å². The van der Waals surface area contributed by atoms with Crippen LogP contribution in [0.5, 0.6) is 0 Å². The Hall–Kier alpha value is -1.50. The second kappa shape index (κ2) is 6.67. The third-order valence-electron chi connectivity index (χ3n) is 4.72. The number of nitrogens with zero attached hydrogens (tertiary/aromatic N) is 1. The Morgan fingerprint density at radius 1 is 1.32 bits per heavy atom. The number of halogens is 1. The molecule has 7 heteroatoms. The maximum absolute atomic E-state index is 12.7. The monoisotopic (exact) mass is 392 g/mol. The molecule has 0 radical (unpaired) electrons. The standard InChI is InChI=1S/C18H17ClN2O2S2/c19-13-5-3-12(4-6-13)10-20-17(23)14-11-25-18(15-2-1-9-24-15)8-7-16(22)21(14)18/h1-6,9,14H,7-8,10-11H2,(H,20,23)/t14-,18+/m1/s1. The van der Waals surface area contributed by atoms with Crippen LogP contribution < -0.4 is 5.32 Å². The van der Waals surface area contributed by atoms with Crippen LogP contribution in [0.3, 0.4) is 0 Å². The largest absolute Gasteiger partial charge is 0.350 e. The van der Waals surface area contributed by atoms with Crippen molar-refractivity contribution in [2.75, 3.05) is 5.75 Å². The van der Waals surface area contributed by atoms with E-state index in [1.54, 1.807) is 35.2 Å². The van der Waals surface area contributed by atoms with Crippen LogP contribution in [0, 0.1) is 0 Å². The van der Waals surface area contributed by atoms with Crippen LogP contribution in [0.4, 0.5) is 0 Å². The van der Waals surface area contributed by atoms with Gasteiger partial charge in [0.25, 0.3) is 0 Å². The van der Waals surface area contributed by atoms with Crippen molar-refractivity contribution in [2.24, 2.45) is 0 Å². The quantitative estimate of drug-likeness (QED) is 0.864. The fraction of sp³-hybridized carbons (Fsp3) is 0.333. The zero-order valence-corrected chi connectivity index (χ0v) is 15.8. The summed E-state index contributed by atoms with van der Waals surface area (Å²) in [5.41, 5.74) is 0.987. The molecule has 2 aliphatic heterocycles. The number of benzene rings is 1. The molecule has 0 spiro atoms. The number of thiophene rings is 1. The minimum absolute atomic E-state index is 0.0741. The third-order valence-corrected chi connectivity index (χ3v) is 7.70. The highest BCUT2D eigenvalue weighted by atomic mass is 35.5. The summed E-state index contributed by atoms with van der Waals surface area (Å²) in [4.78, 5) is 27.9. The number of amides is 2. The lowest BCUT2D eigenvalue weighted by molar-refractivity contribution is -0.138. The van der Waals surface area contributed by atoms with E-state index in [9.17, 15) is 9.59 Å². The van der Waals surface area contributed by atoms with Crippen molar-refractivity contribution in [1.82, 2.24) is 10.2 Å². The molecule has 130 valence electrons. The molecule has 0 unspecified atom stereocenters. The van der Waals surface area contributed by atoms with Gasteiger partial charge in [0, 0.05) is 28.6 Å². The first-order chi connectivity index (χ1) is 12.1.